The minimum atomic E-state index is -1.58. The van der Waals surface area contributed by atoms with Crippen molar-refractivity contribution < 1.29 is 48.7 Å². The monoisotopic (exact) mass is 728 g/mol. The first-order valence-corrected chi connectivity index (χ1v) is 17.6. The first kappa shape index (κ1) is 40.3. The molecule has 3 heterocycles. The molecule has 0 spiro atoms. The molecule has 4 amide bonds. The third-order valence-electron chi connectivity index (χ3n) is 8.71. The van der Waals surface area contributed by atoms with Gasteiger partial charge in [0.05, 0.1) is 24.7 Å². The van der Waals surface area contributed by atoms with E-state index in [4.69, 9.17) is 25.7 Å². The number of primary amides is 1. The van der Waals surface area contributed by atoms with Crippen LogP contribution in [0.3, 0.4) is 0 Å². The van der Waals surface area contributed by atoms with Gasteiger partial charge in [-0.3, -0.25) is 19.2 Å². The van der Waals surface area contributed by atoms with Crippen molar-refractivity contribution in [2.45, 2.75) is 109 Å². The highest BCUT2D eigenvalue weighted by Gasteiger charge is 2.35. The Morgan fingerprint density at radius 3 is 2.33 bits per heavy atom. The highest BCUT2D eigenvalue weighted by Crippen LogP contribution is 2.43. The zero-order chi connectivity index (χ0) is 38.1. The maximum Gasteiger partial charge on any atom is 0.246 e. The van der Waals surface area contributed by atoms with Crippen molar-refractivity contribution in [3.8, 4) is 23.0 Å². The molecule has 0 radical (unpaired) electrons. The molecule has 52 heavy (non-hydrogen) atoms. The van der Waals surface area contributed by atoms with Crippen LogP contribution in [-0.4, -0.2) is 88.7 Å². The lowest BCUT2D eigenvalue weighted by Gasteiger charge is -2.34. The number of aromatic hydroxyl groups is 1. The molecule has 2 aromatic rings. The summed E-state index contributed by atoms with van der Waals surface area (Å²) in [5, 5.41) is 44.3. The Labute approximate surface area is 302 Å². The first-order valence-electron chi connectivity index (χ1n) is 17.6. The fourth-order valence-electron chi connectivity index (χ4n) is 5.89. The molecule has 1 saturated heterocycles. The molecule has 7 unspecified atom stereocenters. The predicted molar refractivity (Wildman–Crippen MR) is 189 cm³/mol. The van der Waals surface area contributed by atoms with Crippen LogP contribution in [0.2, 0.25) is 0 Å². The van der Waals surface area contributed by atoms with Crippen LogP contribution in [0.5, 0.6) is 23.0 Å². The molecule has 0 aliphatic carbocycles. The summed E-state index contributed by atoms with van der Waals surface area (Å²) in [6.07, 6.45) is -3.12. The number of carbonyl (C=O) groups excluding carboxylic acids is 4. The summed E-state index contributed by atoms with van der Waals surface area (Å²) in [7, 11) is 0. The molecule has 2 aromatic carbocycles. The molecule has 7 atom stereocenters. The number of fused-ring (bicyclic) bond motifs is 9. The Morgan fingerprint density at radius 2 is 1.69 bits per heavy atom. The second-order valence-electron chi connectivity index (χ2n) is 14.0. The number of aliphatic hydroxyl groups is 2. The van der Waals surface area contributed by atoms with E-state index in [2.05, 4.69) is 21.3 Å². The van der Waals surface area contributed by atoms with Crippen LogP contribution in [0.25, 0.3) is 0 Å². The Balaban J connectivity index is 1.74. The molecule has 1 fully saturated rings. The fraction of sp³-hybridized carbons (Fsp3) is 0.556. The summed E-state index contributed by atoms with van der Waals surface area (Å²) >= 11 is 0. The van der Waals surface area contributed by atoms with Gasteiger partial charge >= 0.3 is 0 Å². The average Bonchev–Trinajstić information content (AvgIpc) is 3.07. The minimum Gasteiger partial charge on any atom is -0.504 e. The van der Waals surface area contributed by atoms with Gasteiger partial charge in [0.2, 0.25) is 35.7 Å². The number of carbonyl (C=O) groups is 4. The predicted octanol–water partition coefficient (Wildman–Crippen LogP) is 0.872. The number of rotatable bonds is 12. The van der Waals surface area contributed by atoms with E-state index in [1.54, 1.807) is 0 Å². The molecular formula is C36H52N6O10. The molecule has 0 saturated carbocycles. The van der Waals surface area contributed by atoms with Crippen molar-refractivity contribution in [1.29, 1.82) is 0 Å². The van der Waals surface area contributed by atoms with Gasteiger partial charge in [-0.25, -0.2) is 0 Å². The van der Waals surface area contributed by atoms with Gasteiger partial charge in [-0.05, 0) is 47.7 Å². The zero-order valence-electron chi connectivity index (χ0n) is 30.0. The summed E-state index contributed by atoms with van der Waals surface area (Å²) in [5.41, 5.74) is 12.0. The van der Waals surface area contributed by atoms with Gasteiger partial charge in [-0.2, -0.15) is 0 Å². The number of amides is 4. The van der Waals surface area contributed by atoms with Crippen molar-refractivity contribution in [1.82, 2.24) is 21.3 Å². The molecule has 11 N–H and O–H groups in total. The van der Waals surface area contributed by atoms with Crippen molar-refractivity contribution in [2.24, 2.45) is 17.4 Å². The van der Waals surface area contributed by atoms with Gasteiger partial charge in [-0.15, -0.1) is 0 Å². The van der Waals surface area contributed by atoms with Gasteiger partial charge in [0.1, 0.15) is 23.9 Å². The van der Waals surface area contributed by atoms with E-state index in [0.29, 0.717) is 19.4 Å². The molecular weight excluding hydrogens is 676 g/mol. The van der Waals surface area contributed by atoms with E-state index in [9.17, 15) is 34.5 Å². The number of phenolic OH excluding ortho intramolecular Hbond substituents is 1. The van der Waals surface area contributed by atoms with Crippen molar-refractivity contribution >= 4 is 23.6 Å². The van der Waals surface area contributed by atoms with Crippen LogP contribution >= 0.6 is 0 Å². The van der Waals surface area contributed by atoms with Crippen LogP contribution in [0.4, 0.5) is 0 Å². The van der Waals surface area contributed by atoms with E-state index < -0.39 is 66.7 Å². The van der Waals surface area contributed by atoms with Crippen LogP contribution in [0.15, 0.2) is 36.4 Å². The van der Waals surface area contributed by atoms with Gasteiger partial charge in [0, 0.05) is 38.4 Å². The molecule has 16 nitrogen and oxygen atoms in total. The molecule has 3 aliphatic heterocycles. The number of benzene rings is 2. The van der Waals surface area contributed by atoms with Crippen molar-refractivity contribution in [2.75, 3.05) is 13.1 Å². The summed E-state index contributed by atoms with van der Waals surface area (Å²) < 4.78 is 18.4. The summed E-state index contributed by atoms with van der Waals surface area (Å²) in [5.74, 6) is -3.20. The number of nitrogens with one attached hydrogen (secondary N) is 4. The number of nitrogens with two attached hydrogens (primary N) is 2. The van der Waals surface area contributed by atoms with E-state index in [-0.39, 0.29) is 71.6 Å². The van der Waals surface area contributed by atoms with Crippen molar-refractivity contribution in [3.63, 3.8) is 0 Å². The van der Waals surface area contributed by atoms with Crippen LogP contribution in [0, 0.1) is 5.92 Å². The number of hydrogen-bond donors (Lipinski definition) is 9. The summed E-state index contributed by atoms with van der Waals surface area (Å²) in [4.78, 5) is 52.1. The summed E-state index contributed by atoms with van der Waals surface area (Å²) in [6, 6.07) is 4.97. The smallest absolute Gasteiger partial charge is 0.246 e. The molecule has 5 rings (SSSR count). The first-order chi connectivity index (χ1) is 24.6. The Kier molecular flexibility index (Phi) is 14.2. The van der Waals surface area contributed by atoms with Crippen LogP contribution in [0.1, 0.15) is 83.1 Å². The van der Waals surface area contributed by atoms with Gasteiger partial charge < -0.3 is 62.3 Å². The maximum atomic E-state index is 13.6. The van der Waals surface area contributed by atoms with E-state index in [1.807, 2.05) is 27.7 Å². The van der Waals surface area contributed by atoms with E-state index >= 15 is 0 Å². The molecule has 16 heteroatoms. The minimum absolute atomic E-state index is 0.0147. The highest BCUT2D eigenvalue weighted by molar-refractivity contribution is 5.95. The molecule has 0 aromatic heterocycles. The SMILES string of the molecule is CC(C)CCC(=O)NC1C(=O)NC(CC(N)=O)C(=O)NC(CN)c2cc(O)c(OC3CC(O)CC(CNC(C)C)O3)c(c2)Oc2ccc(cc2)C1O. The Bertz CT molecular complexity index is 1550. The lowest BCUT2D eigenvalue weighted by molar-refractivity contribution is -0.175. The Hall–Kier alpha value is -4.48. The topological polar surface area (TPSA) is 257 Å². The van der Waals surface area contributed by atoms with Gasteiger partial charge in [-0.1, -0.05) is 39.8 Å². The fourth-order valence-corrected chi connectivity index (χ4v) is 5.89. The number of hydrogen-bond acceptors (Lipinski definition) is 12. The Morgan fingerprint density at radius 1 is 1.00 bits per heavy atom. The molecule has 286 valence electrons. The average molecular weight is 729 g/mol. The second kappa shape index (κ2) is 18.3. The van der Waals surface area contributed by atoms with E-state index in [1.165, 1.54) is 36.4 Å². The highest BCUT2D eigenvalue weighted by atomic mass is 16.7. The molecule has 4 bridgehead atoms. The maximum absolute atomic E-state index is 13.6. The molecule has 3 aliphatic rings. The van der Waals surface area contributed by atoms with Gasteiger partial charge in [0.25, 0.3) is 0 Å². The van der Waals surface area contributed by atoms with E-state index in [0.717, 1.165) is 0 Å². The normalized spacial score (nSPS) is 25.3. The quantitative estimate of drug-likeness (QED) is 0.148. The van der Waals surface area contributed by atoms with Gasteiger partial charge in [0.15, 0.2) is 11.5 Å². The second-order valence-corrected chi connectivity index (χ2v) is 14.0. The third-order valence-corrected chi connectivity index (χ3v) is 8.71. The number of ether oxygens (including phenoxy) is 3. The largest absolute Gasteiger partial charge is 0.504 e. The lowest BCUT2D eigenvalue weighted by Crippen LogP contribution is -2.56. The third kappa shape index (κ3) is 11.3. The summed E-state index contributed by atoms with van der Waals surface area (Å²) in [6.45, 7) is 8.15. The number of phenols is 1. The zero-order valence-corrected chi connectivity index (χ0v) is 30.0. The number of aliphatic hydroxyl groups excluding tert-OH is 2. The van der Waals surface area contributed by atoms with Crippen LogP contribution < -0.4 is 42.2 Å². The van der Waals surface area contributed by atoms with Crippen molar-refractivity contribution in [3.05, 3.63) is 47.5 Å². The van der Waals surface area contributed by atoms with Crippen LogP contribution in [-0.2, 0) is 23.9 Å². The standard InChI is InChI=1S/C36H52N6O10/c1-18(2)5-10-30(46)42-32-33(47)20-6-8-23(9-7-20)50-28-12-21(26(16-37)41-35(48)25(15-29(38)45)40-36(32)49)11-27(44)34(28)52-31-14-22(43)13-24(51-31)17-39-19(3)4/h6-9,11-12,18-19,22,24-26,31-33,39,43-44,47H,5,10,13-17,37H2,1-4H3,(H2,38,45)(H,40,49)(H,41,48)(H,42,46). The lowest BCUT2D eigenvalue weighted by atomic mass is 9.99.